The zero-order valence-electron chi connectivity index (χ0n) is 33.7. The molecule has 1 saturated heterocycles. The quantitative estimate of drug-likeness (QED) is 0.188. The lowest BCUT2D eigenvalue weighted by molar-refractivity contribution is 0.00201. The Morgan fingerprint density at radius 2 is 1.79 bits per heavy atom. The molecule has 0 spiro atoms. The molecule has 0 bridgehead atoms. The predicted molar refractivity (Wildman–Crippen MR) is 215 cm³/mol. The molecule has 4 heterocycles. The second-order valence-corrected chi connectivity index (χ2v) is 15.8. The third-order valence-electron chi connectivity index (χ3n) is 10.4. The highest BCUT2D eigenvalue weighted by Gasteiger charge is 2.27. The van der Waals surface area contributed by atoms with Gasteiger partial charge in [-0.05, 0) is 75.6 Å². The Morgan fingerprint density at radius 3 is 2.46 bits per heavy atom. The molecule has 2 N–H and O–H groups in total. The Hall–Kier alpha value is -4.99. The summed E-state index contributed by atoms with van der Waals surface area (Å²) in [4.78, 5) is 38.3. The van der Waals surface area contributed by atoms with Crippen LogP contribution in [0.15, 0.2) is 48.8 Å². The molecule has 4 aromatic rings. The van der Waals surface area contributed by atoms with E-state index in [0.717, 1.165) is 61.5 Å². The summed E-state index contributed by atoms with van der Waals surface area (Å²) in [5.74, 6) is -0.0710. The molecule has 2 aliphatic rings. The van der Waals surface area contributed by atoms with Gasteiger partial charge >= 0.3 is 6.09 Å². The van der Waals surface area contributed by atoms with Crippen molar-refractivity contribution in [3.8, 4) is 16.9 Å². The van der Waals surface area contributed by atoms with Gasteiger partial charge in [0, 0.05) is 114 Å². The number of amides is 2. The Balaban J connectivity index is 1.21. The van der Waals surface area contributed by atoms with Gasteiger partial charge in [0.2, 0.25) is 0 Å². The van der Waals surface area contributed by atoms with Crippen LogP contribution in [0, 0.1) is 5.82 Å². The van der Waals surface area contributed by atoms with Gasteiger partial charge in [-0.25, -0.2) is 9.18 Å². The lowest BCUT2D eigenvalue weighted by Crippen LogP contribution is -2.47. The standard InChI is InChI=1S/C41H56FN9O5/c1-41(2,3)56-40(54)47(6)15-9-16-48-20-22-49(23-21-48)29-11-12-30(35(24-29)55-7)32-25-31(37(42)38-33(32)26-34(44-38)39(53)46(4)5)28-10-8-17-50(27-28)36(52)13-18-51-19-14-43-45-51/h10-12,14,19,24-26,36,44,52H,8-9,13,15-18,20-23,27H2,1-7H3. The van der Waals surface area contributed by atoms with Gasteiger partial charge in [0.15, 0.2) is 5.82 Å². The molecule has 56 heavy (non-hydrogen) atoms. The molecule has 0 aliphatic carbocycles. The number of nitrogens with zero attached hydrogens (tertiary/aromatic N) is 8. The number of fused-ring (bicyclic) bond motifs is 1. The van der Waals surface area contributed by atoms with Gasteiger partial charge in [-0.3, -0.25) is 19.3 Å². The number of aliphatic hydroxyl groups excluding tert-OH is 1. The van der Waals surface area contributed by atoms with Crippen molar-refractivity contribution in [1.29, 1.82) is 0 Å². The summed E-state index contributed by atoms with van der Waals surface area (Å²) in [6.07, 6.45) is 6.29. The number of piperazine rings is 1. The van der Waals surface area contributed by atoms with Crippen LogP contribution in [0.1, 0.15) is 56.1 Å². The molecule has 302 valence electrons. The summed E-state index contributed by atoms with van der Waals surface area (Å²) in [6, 6.07) is 9.68. The zero-order chi connectivity index (χ0) is 40.1. The fourth-order valence-corrected chi connectivity index (χ4v) is 7.36. The van der Waals surface area contributed by atoms with E-state index in [1.807, 2.05) is 49.9 Å². The second kappa shape index (κ2) is 17.4. The van der Waals surface area contributed by atoms with E-state index in [2.05, 4.69) is 31.2 Å². The minimum Gasteiger partial charge on any atom is -0.496 e. The number of aromatic amines is 1. The summed E-state index contributed by atoms with van der Waals surface area (Å²) < 4.78 is 29.8. The van der Waals surface area contributed by atoms with E-state index in [9.17, 15) is 14.7 Å². The molecule has 2 aromatic carbocycles. The van der Waals surface area contributed by atoms with Crippen molar-refractivity contribution in [3.63, 3.8) is 0 Å². The van der Waals surface area contributed by atoms with E-state index in [0.29, 0.717) is 55.7 Å². The Morgan fingerprint density at radius 1 is 1.02 bits per heavy atom. The number of H-pyrrole nitrogens is 1. The largest absolute Gasteiger partial charge is 0.496 e. The summed E-state index contributed by atoms with van der Waals surface area (Å²) in [5.41, 5.74) is 3.72. The number of nitrogens with one attached hydrogen (secondary N) is 1. The van der Waals surface area contributed by atoms with Crippen molar-refractivity contribution in [2.75, 3.05) is 85.5 Å². The van der Waals surface area contributed by atoms with E-state index >= 15 is 4.39 Å². The van der Waals surface area contributed by atoms with E-state index in [1.54, 1.807) is 56.3 Å². The highest BCUT2D eigenvalue weighted by Crippen LogP contribution is 2.42. The molecular formula is C41H56FN9O5. The fourth-order valence-electron chi connectivity index (χ4n) is 7.36. The summed E-state index contributed by atoms with van der Waals surface area (Å²) in [5, 5.41) is 19.5. The minimum absolute atomic E-state index is 0.243. The van der Waals surface area contributed by atoms with Crippen LogP contribution in [0.25, 0.3) is 27.6 Å². The van der Waals surface area contributed by atoms with Crippen molar-refractivity contribution >= 4 is 34.2 Å². The number of methoxy groups -OCH3 is 1. The third-order valence-corrected chi connectivity index (χ3v) is 10.4. The number of rotatable bonds is 13. The second-order valence-electron chi connectivity index (χ2n) is 15.8. The number of aromatic nitrogens is 4. The average Bonchev–Trinajstić information content (AvgIpc) is 3.88. The van der Waals surface area contributed by atoms with Gasteiger partial charge in [0.1, 0.15) is 23.3 Å². The molecule has 2 amide bonds. The maximum Gasteiger partial charge on any atom is 0.410 e. The SMILES string of the molecule is COc1cc(N2CCN(CCCN(C)C(=O)OC(C)(C)C)CC2)ccc1-c1cc(C2=CCCN(C(O)CCn3ccnn3)C2)c(F)c2[nH]c(C(=O)N(C)C)cc12. The lowest BCUT2D eigenvalue weighted by atomic mass is 9.92. The number of hydrogen-bond donors (Lipinski definition) is 2. The summed E-state index contributed by atoms with van der Waals surface area (Å²) in [7, 11) is 6.74. The first-order valence-corrected chi connectivity index (χ1v) is 19.3. The number of hydrogen-bond acceptors (Lipinski definition) is 10. The highest BCUT2D eigenvalue weighted by molar-refractivity contribution is 6.05. The lowest BCUT2D eigenvalue weighted by Gasteiger charge is -2.36. The molecule has 1 unspecified atom stereocenters. The van der Waals surface area contributed by atoms with E-state index in [1.165, 1.54) is 4.90 Å². The Kier molecular flexibility index (Phi) is 12.7. The van der Waals surface area contributed by atoms with Gasteiger partial charge in [0.05, 0.1) is 18.8 Å². The molecule has 15 heteroatoms. The van der Waals surface area contributed by atoms with Crippen molar-refractivity contribution in [2.45, 2.75) is 58.4 Å². The topological polar surface area (TPSA) is 136 Å². The van der Waals surface area contributed by atoms with Crippen molar-refractivity contribution in [1.82, 2.24) is 39.6 Å². The van der Waals surface area contributed by atoms with Crippen LogP contribution in [0.4, 0.5) is 14.9 Å². The van der Waals surface area contributed by atoms with Crippen molar-refractivity contribution in [2.24, 2.45) is 0 Å². The summed E-state index contributed by atoms with van der Waals surface area (Å²) >= 11 is 0. The van der Waals surface area contributed by atoms with Gasteiger partial charge in [-0.2, -0.15) is 0 Å². The van der Waals surface area contributed by atoms with Crippen LogP contribution in [0.2, 0.25) is 0 Å². The molecule has 0 radical (unpaired) electrons. The smallest absolute Gasteiger partial charge is 0.410 e. The molecule has 2 aliphatic heterocycles. The number of carbonyl (C=O) groups is 2. The van der Waals surface area contributed by atoms with Crippen LogP contribution >= 0.6 is 0 Å². The number of halogens is 1. The Labute approximate surface area is 328 Å². The first kappa shape index (κ1) is 40.7. The number of anilines is 1. The Bertz CT molecular complexity index is 2020. The number of carbonyl (C=O) groups excluding carboxylic acids is 2. The summed E-state index contributed by atoms with van der Waals surface area (Å²) in [6.45, 7) is 12.0. The molecule has 14 nitrogen and oxygen atoms in total. The van der Waals surface area contributed by atoms with Gasteiger partial charge in [-0.15, -0.1) is 5.10 Å². The van der Waals surface area contributed by atoms with Crippen molar-refractivity contribution < 1.29 is 28.6 Å². The monoisotopic (exact) mass is 773 g/mol. The van der Waals surface area contributed by atoms with Crippen molar-refractivity contribution in [3.05, 3.63) is 65.9 Å². The molecular weight excluding hydrogens is 718 g/mol. The molecule has 6 rings (SSSR count). The first-order chi connectivity index (χ1) is 26.7. The van der Waals surface area contributed by atoms with Gasteiger partial charge in [0.25, 0.3) is 5.91 Å². The number of aryl methyl sites for hydroxylation is 1. The zero-order valence-corrected chi connectivity index (χ0v) is 33.7. The van der Waals surface area contributed by atoms with E-state index in [4.69, 9.17) is 9.47 Å². The number of ether oxygens (including phenoxy) is 2. The number of benzene rings is 2. The van der Waals surface area contributed by atoms with Gasteiger partial charge in [-0.1, -0.05) is 11.3 Å². The average molecular weight is 774 g/mol. The van der Waals surface area contributed by atoms with Crippen LogP contribution in [-0.2, 0) is 11.3 Å². The molecule has 2 aromatic heterocycles. The highest BCUT2D eigenvalue weighted by atomic mass is 19.1. The molecule has 1 atom stereocenters. The van der Waals surface area contributed by atoms with Crippen LogP contribution in [0.5, 0.6) is 5.75 Å². The molecule has 1 fully saturated rings. The van der Waals surface area contributed by atoms with Crippen LogP contribution < -0.4 is 9.64 Å². The first-order valence-electron chi connectivity index (χ1n) is 19.3. The van der Waals surface area contributed by atoms with E-state index < -0.39 is 17.6 Å². The third kappa shape index (κ3) is 9.51. The molecule has 0 saturated carbocycles. The van der Waals surface area contributed by atoms with Crippen LogP contribution in [0.3, 0.4) is 0 Å². The van der Waals surface area contributed by atoms with E-state index in [-0.39, 0.29) is 23.2 Å². The normalized spacial score (nSPS) is 16.2. The minimum atomic E-state index is -0.746. The fraction of sp³-hybridized carbons (Fsp3) is 0.512. The predicted octanol–water partition coefficient (Wildman–Crippen LogP) is 5.15. The van der Waals surface area contributed by atoms with Crippen LogP contribution in [-0.4, -0.2) is 149 Å². The van der Waals surface area contributed by atoms with Gasteiger partial charge < -0.3 is 34.3 Å². The maximum absolute atomic E-state index is 16.7. The number of aliphatic hydroxyl groups is 1. The maximum atomic E-state index is 16.7.